The number of amides is 3. The largest absolute Gasteiger partial charge is 0.394 e. The maximum absolute atomic E-state index is 14.6. The molecule has 5 heterocycles. The van der Waals surface area contributed by atoms with Gasteiger partial charge in [-0.15, -0.1) is 0 Å². The van der Waals surface area contributed by atoms with Crippen molar-refractivity contribution >= 4 is 23.4 Å². The molecule has 1 aromatic carbocycles. The van der Waals surface area contributed by atoms with Gasteiger partial charge in [-0.05, 0) is 25.0 Å². The Labute approximate surface area is 247 Å². The smallest absolute Gasteiger partial charge is 0.249 e. The average molecular weight is 579 g/mol. The molecule has 1 spiro atoms. The summed E-state index contributed by atoms with van der Waals surface area (Å²) in [5.41, 5.74) is -1.62. The Morgan fingerprint density at radius 3 is 2.36 bits per heavy atom. The van der Waals surface area contributed by atoms with E-state index in [0.29, 0.717) is 52.2 Å². The molecule has 3 saturated heterocycles. The Kier molecular flexibility index (Phi) is 7.99. The lowest BCUT2D eigenvalue weighted by Gasteiger charge is -2.41. The van der Waals surface area contributed by atoms with Crippen molar-refractivity contribution in [3.8, 4) is 0 Å². The second kappa shape index (κ2) is 11.6. The van der Waals surface area contributed by atoms with Gasteiger partial charge in [0.25, 0.3) is 0 Å². The first-order valence-electron chi connectivity index (χ1n) is 15.3. The van der Waals surface area contributed by atoms with Gasteiger partial charge < -0.3 is 29.3 Å². The van der Waals surface area contributed by atoms with Crippen LogP contribution in [0.15, 0.2) is 54.6 Å². The van der Waals surface area contributed by atoms with Gasteiger partial charge in [0.15, 0.2) is 0 Å². The highest BCUT2D eigenvalue weighted by molar-refractivity contribution is 6.04. The fraction of sp³-hybridized carbons (Fsp3) is 0.594. The molecule has 42 heavy (non-hydrogen) atoms. The van der Waals surface area contributed by atoms with Crippen LogP contribution in [0.4, 0.5) is 5.69 Å². The highest BCUT2D eigenvalue weighted by Crippen LogP contribution is 2.59. The van der Waals surface area contributed by atoms with Crippen LogP contribution in [-0.4, -0.2) is 120 Å². The lowest BCUT2D eigenvalue weighted by Crippen LogP contribution is -2.59. The van der Waals surface area contributed by atoms with Crippen LogP contribution in [0.3, 0.4) is 0 Å². The molecule has 3 amide bonds. The standard InChI is InChI=1S/C32H42N4O6/c1-3-23(22-37)36-27-30(40)34(17-16-33-18-20-41-21-19-33)14-9-13-32(27)26(29(36)39)25-28(38)35(24-10-6-5-7-11-24)15-8-12-31(25,4-2)42-32/h5-13,23,25-27,37H,3-4,14-22H2,1-2H3/t23-,25+,26-,27?,31-,32-/m0/s1. The van der Waals surface area contributed by atoms with Gasteiger partial charge in [0.2, 0.25) is 17.7 Å². The average Bonchev–Trinajstić information content (AvgIpc) is 3.31. The number of benzene rings is 1. The number of hydrogen-bond acceptors (Lipinski definition) is 7. The van der Waals surface area contributed by atoms with E-state index in [1.807, 2.05) is 68.5 Å². The molecule has 0 bridgehead atoms. The van der Waals surface area contributed by atoms with Crippen molar-refractivity contribution in [1.29, 1.82) is 0 Å². The molecule has 0 aliphatic carbocycles. The highest BCUT2D eigenvalue weighted by atomic mass is 16.5. The van der Waals surface area contributed by atoms with E-state index in [1.54, 1.807) is 14.7 Å². The molecule has 5 aliphatic heterocycles. The van der Waals surface area contributed by atoms with Gasteiger partial charge >= 0.3 is 0 Å². The fourth-order valence-electron chi connectivity index (χ4n) is 7.68. The third-order valence-corrected chi connectivity index (χ3v) is 9.89. The summed E-state index contributed by atoms with van der Waals surface area (Å²) in [7, 11) is 0. The predicted octanol–water partition coefficient (Wildman–Crippen LogP) is 1.45. The van der Waals surface area contributed by atoms with Crippen LogP contribution in [0.5, 0.6) is 0 Å². The van der Waals surface area contributed by atoms with Gasteiger partial charge in [0.1, 0.15) is 11.6 Å². The van der Waals surface area contributed by atoms with Crippen LogP contribution in [0, 0.1) is 11.8 Å². The topological polar surface area (TPSA) is 103 Å². The first-order valence-corrected chi connectivity index (χ1v) is 15.3. The number of nitrogens with zero attached hydrogens (tertiary/aromatic N) is 4. The summed E-state index contributed by atoms with van der Waals surface area (Å²) in [5.74, 6) is -2.41. The second-order valence-corrected chi connectivity index (χ2v) is 11.9. The Bertz CT molecular complexity index is 1240. The molecule has 0 aromatic heterocycles. The summed E-state index contributed by atoms with van der Waals surface area (Å²) in [5, 5.41) is 10.4. The number of likely N-dealkylation sites (tertiary alicyclic amines) is 1. The predicted molar refractivity (Wildman–Crippen MR) is 157 cm³/mol. The molecule has 0 saturated carbocycles. The maximum Gasteiger partial charge on any atom is 0.249 e. The zero-order valence-electron chi connectivity index (χ0n) is 24.6. The number of aliphatic hydroxyl groups excluding tert-OH is 1. The summed E-state index contributed by atoms with van der Waals surface area (Å²) < 4.78 is 12.5. The molecule has 6 atom stereocenters. The highest BCUT2D eigenvalue weighted by Gasteiger charge is 2.75. The quantitative estimate of drug-likeness (QED) is 0.466. The summed E-state index contributed by atoms with van der Waals surface area (Å²) in [6.07, 6.45) is 8.65. The van der Waals surface area contributed by atoms with Crippen LogP contribution >= 0.6 is 0 Å². The van der Waals surface area contributed by atoms with Crippen molar-refractivity contribution in [1.82, 2.24) is 14.7 Å². The minimum Gasteiger partial charge on any atom is -0.394 e. The molecule has 226 valence electrons. The van der Waals surface area contributed by atoms with E-state index in [-0.39, 0.29) is 24.3 Å². The first-order chi connectivity index (χ1) is 20.4. The lowest BCUT2D eigenvalue weighted by atomic mass is 9.73. The molecule has 5 aliphatic rings. The van der Waals surface area contributed by atoms with Crippen LogP contribution < -0.4 is 4.90 Å². The number of aliphatic hydroxyl groups is 1. The monoisotopic (exact) mass is 578 g/mol. The molecule has 1 aromatic rings. The SMILES string of the molecule is CC[C@@H](CO)N1C(=O)[C@@H]2[C@@H]3C(=O)N(c4ccccc4)CC=C[C@]3(CC)O[C@@]23C=CCN(CCN2CCOCC2)C(=O)C13. The van der Waals surface area contributed by atoms with Gasteiger partial charge in [0.05, 0.1) is 43.3 Å². The van der Waals surface area contributed by atoms with Gasteiger partial charge in [0, 0.05) is 45.0 Å². The summed E-state index contributed by atoms with van der Waals surface area (Å²) in [6.45, 7) is 8.53. The van der Waals surface area contributed by atoms with Crippen molar-refractivity contribution in [3.63, 3.8) is 0 Å². The third kappa shape index (κ3) is 4.51. The fourth-order valence-corrected chi connectivity index (χ4v) is 7.68. The molecular formula is C32H42N4O6. The number of carbonyl (C=O) groups excluding carboxylic acids is 3. The van der Waals surface area contributed by atoms with E-state index >= 15 is 0 Å². The molecule has 1 unspecified atom stereocenters. The number of morpholine rings is 1. The van der Waals surface area contributed by atoms with Crippen LogP contribution in [0.25, 0.3) is 0 Å². The molecule has 6 rings (SSSR count). The van der Waals surface area contributed by atoms with Crippen LogP contribution in [-0.2, 0) is 23.9 Å². The zero-order valence-corrected chi connectivity index (χ0v) is 24.6. The molecule has 10 nitrogen and oxygen atoms in total. The van der Waals surface area contributed by atoms with Crippen molar-refractivity contribution in [2.24, 2.45) is 11.8 Å². The number of carbonyl (C=O) groups is 3. The van der Waals surface area contributed by atoms with Gasteiger partial charge in [-0.1, -0.05) is 56.4 Å². The Hall–Kier alpha value is -3.05. The second-order valence-electron chi connectivity index (χ2n) is 11.9. The number of ether oxygens (including phenoxy) is 2. The number of rotatable bonds is 8. The van der Waals surface area contributed by atoms with E-state index in [1.165, 1.54) is 0 Å². The van der Waals surface area contributed by atoms with E-state index < -0.39 is 35.1 Å². The molecule has 3 fully saturated rings. The maximum atomic E-state index is 14.6. The number of fused-ring (bicyclic) bond motifs is 2. The summed E-state index contributed by atoms with van der Waals surface area (Å²) >= 11 is 0. The van der Waals surface area contributed by atoms with Crippen LogP contribution in [0.1, 0.15) is 26.7 Å². The number of hydrogen-bond donors (Lipinski definition) is 1. The Balaban J connectivity index is 1.41. The van der Waals surface area contributed by atoms with Gasteiger partial charge in [-0.25, -0.2) is 0 Å². The molecule has 1 N–H and O–H groups in total. The van der Waals surface area contributed by atoms with Crippen molar-refractivity contribution in [2.45, 2.75) is 50.0 Å². The summed E-state index contributed by atoms with van der Waals surface area (Å²) in [4.78, 5) is 51.0. The molecular weight excluding hydrogens is 536 g/mol. The number of anilines is 1. The normalized spacial score (nSPS) is 33.8. The zero-order chi connectivity index (χ0) is 29.5. The summed E-state index contributed by atoms with van der Waals surface area (Å²) in [6, 6.07) is 7.92. The van der Waals surface area contributed by atoms with Gasteiger partial charge in [-0.2, -0.15) is 0 Å². The van der Waals surface area contributed by atoms with E-state index in [9.17, 15) is 19.5 Å². The molecule has 0 radical (unpaired) electrons. The minimum absolute atomic E-state index is 0.185. The van der Waals surface area contributed by atoms with E-state index in [0.717, 1.165) is 18.8 Å². The number of para-hydroxylation sites is 1. The van der Waals surface area contributed by atoms with Crippen molar-refractivity contribution in [2.75, 3.05) is 64.0 Å². The van der Waals surface area contributed by atoms with Crippen molar-refractivity contribution < 1.29 is 29.0 Å². The van der Waals surface area contributed by atoms with Gasteiger partial charge in [-0.3, -0.25) is 19.3 Å². The van der Waals surface area contributed by atoms with E-state index in [4.69, 9.17) is 9.47 Å². The van der Waals surface area contributed by atoms with Crippen LogP contribution in [0.2, 0.25) is 0 Å². The first kappa shape index (κ1) is 29.0. The molecule has 10 heteroatoms. The van der Waals surface area contributed by atoms with Crippen molar-refractivity contribution in [3.05, 3.63) is 54.6 Å². The Morgan fingerprint density at radius 1 is 0.929 bits per heavy atom. The Morgan fingerprint density at radius 2 is 1.67 bits per heavy atom. The van der Waals surface area contributed by atoms with E-state index in [2.05, 4.69) is 4.90 Å². The minimum atomic E-state index is -1.33. The lowest BCUT2D eigenvalue weighted by molar-refractivity contribution is -0.155. The third-order valence-electron chi connectivity index (χ3n) is 9.89.